The van der Waals surface area contributed by atoms with Gasteiger partial charge in [0.25, 0.3) is 0 Å². The summed E-state index contributed by atoms with van der Waals surface area (Å²) in [5.41, 5.74) is 3.04. The van der Waals surface area contributed by atoms with E-state index in [1.807, 2.05) is 6.92 Å². The maximum Gasteiger partial charge on any atom is 0.247 e. The van der Waals surface area contributed by atoms with E-state index in [0.717, 1.165) is 5.56 Å². The fraction of sp³-hybridized carbons (Fsp3) is 0.238. The highest BCUT2D eigenvalue weighted by molar-refractivity contribution is 6.32. The van der Waals surface area contributed by atoms with Crippen LogP contribution in [0.15, 0.2) is 40.8 Å². The minimum absolute atomic E-state index is 0.210. The fourth-order valence-electron chi connectivity index (χ4n) is 2.91. The van der Waals surface area contributed by atoms with Gasteiger partial charge < -0.3 is 14.8 Å². The van der Waals surface area contributed by atoms with E-state index in [2.05, 4.69) is 27.7 Å². The number of hydrogen-bond donors (Lipinski definition) is 2. The standard InChI is InChI=1S/C21H18ClN5O2/c1-3-16-17(9-8-15(11-24)18(16)22)25-19(12(2)28)21-27-26-20(29-21)14-6-4-13(10-23)5-7-14/h4-9,12,19,25,28H,3H2,1-2H3/t12-,19?/m1/s1. The van der Waals surface area contributed by atoms with Crippen molar-refractivity contribution in [3.63, 3.8) is 0 Å². The molecule has 0 spiro atoms. The number of aliphatic hydroxyl groups excluding tert-OH is 1. The van der Waals surface area contributed by atoms with Gasteiger partial charge in [-0.25, -0.2) is 0 Å². The van der Waals surface area contributed by atoms with Crippen LogP contribution in [-0.4, -0.2) is 21.4 Å². The molecule has 1 heterocycles. The van der Waals surface area contributed by atoms with Gasteiger partial charge in [-0.1, -0.05) is 18.5 Å². The first-order valence-corrected chi connectivity index (χ1v) is 9.36. The summed E-state index contributed by atoms with van der Waals surface area (Å²) in [4.78, 5) is 0. The molecule has 1 aromatic heterocycles. The van der Waals surface area contributed by atoms with Gasteiger partial charge >= 0.3 is 0 Å². The second-order valence-electron chi connectivity index (χ2n) is 6.42. The largest absolute Gasteiger partial charge is 0.418 e. The van der Waals surface area contributed by atoms with Crippen LogP contribution in [-0.2, 0) is 6.42 Å². The molecule has 3 rings (SSSR count). The molecule has 0 aliphatic heterocycles. The lowest BCUT2D eigenvalue weighted by Gasteiger charge is -2.21. The molecule has 8 heteroatoms. The van der Waals surface area contributed by atoms with Crippen molar-refractivity contribution in [2.75, 3.05) is 5.32 Å². The molecule has 146 valence electrons. The molecule has 2 atom stereocenters. The van der Waals surface area contributed by atoms with Crippen molar-refractivity contribution in [3.8, 4) is 23.6 Å². The first-order chi connectivity index (χ1) is 14.0. The van der Waals surface area contributed by atoms with Crippen LogP contribution in [0.1, 0.15) is 42.5 Å². The number of nitriles is 2. The monoisotopic (exact) mass is 407 g/mol. The van der Waals surface area contributed by atoms with E-state index in [-0.39, 0.29) is 11.8 Å². The Kier molecular flexibility index (Phi) is 6.13. The molecule has 0 aliphatic carbocycles. The fourth-order valence-corrected chi connectivity index (χ4v) is 3.25. The average molecular weight is 408 g/mol. The molecule has 0 fully saturated rings. The first kappa shape index (κ1) is 20.3. The van der Waals surface area contributed by atoms with E-state index in [4.69, 9.17) is 21.3 Å². The highest BCUT2D eigenvalue weighted by Crippen LogP contribution is 2.32. The third-order valence-electron chi connectivity index (χ3n) is 4.48. The molecule has 2 N–H and O–H groups in total. The summed E-state index contributed by atoms with van der Waals surface area (Å²) in [5.74, 6) is 0.493. The molecule has 2 aromatic carbocycles. The minimum Gasteiger partial charge on any atom is -0.418 e. The minimum atomic E-state index is -0.844. The highest BCUT2D eigenvalue weighted by atomic mass is 35.5. The lowest BCUT2D eigenvalue weighted by Crippen LogP contribution is -2.24. The van der Waals surface area contributed by atoms with E-state index in [9.17, 15) is 10.4 Å². The quantitative estimate of drug-likeness (QED) is 0.627. The number of nitrogens with one attached hydrogen (secondary N) is 1. The predicted octanol–water partition coefficient (Wildman–Crippen LogP) is 4.23. The Labute approximate surface area is 173 Å². The lowest BCUT2D eigenvalue weighted by molar-refractivity contribution is 0.159. The van der Waals surface area contributed by atoms with Gasteiger partial charge in [-0.15, -0.1) is 10.2 Å². The number of aliphatic hydroxyl groups is 1. The third kappa shape index (κ3) is 4.22. The lowest BCUT2D eigenvalue weighted by atomic mass is 10.0. The van der Waals surface area contributed by atoms with Crippen LogP contribution in [0, 0.1) is 22.7 Å². The molecule has 0 aliphatic rings. The molecule has 0 amide bonds. The van der Waals surface area contributed by atoms with Crippen LogP contribution in [0.2, 0.25) is 5.02 Å². The zero-order chi connectivity index (χ0) is 21.0. The Morgan fingerprint density at radius 3 is 2.45 bits per heavy atom. The van der Waals surface area contributed by atoms with Crippen molar-refractivity contribution >= 4 is 17.3 Å². The van der Waals surface area contributed by atoms with Gasteiger partial charge in [-0.05, 0) is 55.3 Å². The van der Waals surface area contributed by atoms with Crippen molar-refractivity contribution < 1.29 is 9.52 Å². The number of halogens is 1. The average Bonchev–Trinajstić information content (AvgIpc) is 3.21. The van der Waals surface area contributed by atoms with Crippen LogP contribution in [0.5, 0.6) is 0 Å². The normalized spacial score (nSPS) is 12.6. The number of anilines is 1. The van der Waals surface area contributed by atoms with Gasteiger partial charge in [0.2, 0.25) is 11.8 Å². The van der Waals surface area contributed by atoms with Crippen LogP contribution in [0.3, 0.4) is 0 Å². The van der Waals surface area contributed by atoms with Gasteiger partial charge in [0.1, 0.15) is 12.1 Å². The Balaban J connectivity index is 1.92. The Morgan fingerprint density at radius 1 is 1.14 bits per heavy atom. The van der Waals surface area contributed by atoms with E-state index < -0.39 is 12.1 Å². The SMILES string of the molecule is CCc1c(NC(c2nnc(-c3ccc(C#N)cc3)o2)[C@@H](C)O)ccc(C#N)c1Cl. The summed E-state index contributed by atoms with van der Waals surface area (Å²) in [6.45, 7) is 3.54. The van der Waals surface area contributed by atoms with Crippen molar-refractivity contribution in [2.45, 2.75) is 32.4 Å². The van der Waals surface area contributed by atoms with Crippen molar-refractivity contribution in [1.29, 1.82) is 10.5 Å². The van der Waals surface area contributed by atoms with E-state index >= 15 is 0 Å². The summed E-state index contributed by atoms with van der Waals surface area (Å²) in [6.07, 6.45) is -0.243. The van der Waals surface area contributed by atoms with Gasteiger partial charge in [0.05, 0.1) is 28.3 Å². The van der Waals surface area contributed by atoms with Gasteiger partial charge in [0.15, 0.2) is 0 Å². The number of benzene rings is 2. The van der Waals surface area contributed by atoms with Crippen LogP contribution in [0.4, 0.5) is 5.69 Å². The molecule has 1 unspecified atom stereocenters. The van der Waals surface area contributed by atoms with E-state index in [0.29, 0.717) is 33.8 Å². The second kappa shape index (κ2) is 8.74. The summed E-state index contributed by atoms with van der Waals surface area (Å²) in [7, 11) is 0. The molecule has 0 saturated heterocycles. The third-order valence-corrected chi connectivity index (χ3v) is 4.91. The Hall–Kier alpha value is -3.39. The van der Waals surface area contributed by atoms with Gasteiger partial charge in [0, 0.05) is 11.3 Å². The summed E-state index contributed by atoms with van der Waals surface area (Å²) in [5, 5.41) is 40.1. The number of aromatic nitrogens is 2. The molecular formula is C21H18ClN5O2. The maximum atomic E-state index is 10.3. The number of hydrogen-bond acceptors (Lipinski definition) is 7. The number of nitrogens with zero attached hydrogens (tertiary/aromatic N) is 4. The smallest absolute Gasteiger partial charge is 0.247 e. The van der Waals surface area contributed by atoms with E-state index in [1.54, 1.807) is 43.3 Å². The second-order valence-corrected chi connectivity index (χ2v) is 6.79. The van der Waals surface area contributed by atoms with Crippen molar-refractivity contribution in [2.24, 2.45) is 0 Å². The molecule has 29 heavy (non-hydrogen) atoms. The summed E-state index contributed by atoms with van der Waals surface area (Å²) < 4.78 is 5.77. The molecule has 0 saturated carbocycles. The summed E-state index contributed by atoms with van der Waals surface area (Å²) in [6, 6.07) is 13.6. The van der Waals surface area contributed by atoms with Crippen LogP contribution in [0.25, 0.3) is 11.5 Å². The van der Waals surface area contributed by atoms with Gasteiger partial charge in [-0.2, -0.15) is 10.5 Å². The summed E-state index contributed by atoms with van der Waals surface area (Å²) >= 11 is 6.33. The molecule has 3 aromatic rings. The molecule has 0 bridgehead atoms. The zero-order valence-electron chi connectivity index (χ0n) is 15.8. The molecule has 7 nitrogen and oxygen atoms in total. The zero-order valence-corrected chi connectivity index (χ0v) is 16.6. The maximum absolute atomic E-state index is 10.3. The van der Waals surface area contributed by atoms with Crippen molar-refractivity contribution in [1.82, 2.24) is 10.2 Å². The highest BCUT2D eigenvalue weighted by Gasteiger charge is 2.25. The first-order valence-electron chi connectivity index (χ1n) is 8.98. The Bertz CT molecular complexity index is 1090. The topological polar surface area (TPSA) is 119 Å². The molecular weight excluding hydrogens is 390 g/mol. The van der Waals surface area contributed by atoms with E-state index in [1.165, 1.54) is 0 Å². The predicted molar refractivity (Wildman–Crippen MR) is 108 cm³/mol. The van der Waals surface area contributed by atoms with Crippen LogP contribution < -0.4 is 5.32 Å². The van der Waals surface area contributed by atoms with Crippen LogP contribution >= 0.6 is 11.6 Å². The van der Waals surface area contributed by atoms with Crippen molar-refractivity contribution in [3.05, 3.63) is 64.0 Å². The molecule has 0 radical (unpaired) electrons. The van der Waals surface area contributed by atoms with Gasteiger partial charge in [-0.3, -0.25) is 0 Å². The Morgan fingerprint density at radius 2 is 1.86 bits per heavy atom. The number of rotatable bonds is 6.